The topological polar surface area (TPSA) is 78.6 Å². The SMILES string of the molecule is COC(=O)C(C)(N)C(C)C(C)C(=O)C(Cl)COc1ccccc1. The summed E-state index contributed by atoms with van der Waals surface area (Å²) in [5, 5.41) is -0.818. The van der Waals surface area contributed by atoms with Crippen molar-refractivity contribution in [3.8, 4) is 5.75 Å². The third-order valence-electron chi connectivity index (χ3n) is 4.22. The first kappa shape index (κ1) is 19.5. The van der Waals surface area contributed by atoms with Crippen LogP contribution in [0.4, 0.5) is 0 Å². The van der Waals surface area contributed by atoms with Crippen molar-refractivity contribution in [1.29, 1.82) is 0 Å². The Kier molecular flexibility index (Phi) is 7.03. The number of halogens is 1. The molecule has 4 atom stereocenters. The minimum atomic E-state index is -1.26. The van der Waals surface area contributed by atoms with E-state index < -0.39 is 28.7 Å². The maximum absolute atomic E-state index is 12.4. The van der Waals surface area contributed by atoms with Gasteiger partial charge in [0.15, 0.2) is 5.78 Å². The summed E-state index contributed by atoms with van der Waals surface area (Å²) < 4.78 is 10.2. The number of para-hydroxylation sites is 1. The number of ketones is 1. The third kappa shape index (κ3) is 4.94. The molecule has 0 aliphatic rings. The molecule has 0 heterocycles. The van der Waals surface area contributed by atoms with Gasteiger partial charge in [0.05, 0.1) is 7.11 Å². The standard InChI is InChI=1S/C17H24ClNO4/c1-11(12(2)17(3,19)16(21)22-4)15(20)14(18)10-23-13-8-6-5-7-9-13/h5-9,11-12,14H,10,19H2,1-4H3. The monoisotopic (exact) mass is 341 g/mol. The van der Waals surface area contributed by atoms with Gasteiger partial charge in [0.25, 0.3) is 0 Å². The molecule has 23 heavy (non-hydrogen) atoms. The highest BCUT2D eigenvalue weighted by Crippen LogP contribution is 2.26. The van der Waals surface area contributed by atoms with Crippen LogP contribution < -0.4 is 10.5 Å². The second-order valence-corrected chi connectivity index (χ2v) is 6.37. The second-order valence-electron chi connectivity index (χ2n) is 5.85. The van der Waals surface area contributed by atoms with Crippen LogP contribution in [0.1, 0.15) is 20.8 Å². The molecule has 2 N–H and O–H groups in total. The van der Waals surface area contributed by atoms with Crippen LogP contribution in [-0.2, 0) is 14.3 Å². The van der Waals surface area contributed by atoms with E-state index in [0.29, 0.717) is 5.75 Å². The number of ether oxygens (including phenoxy) is 2. The van der Waals surface area contributed by atoms with Crippen molar-refractivity contribution in [2.75, 3.05) is 13.7 Å². The molecule has 5 nitrogen and oxygen atoms in total. The highest BCUT2D eigenvalue weighted by molar-refractivity contribution is 6.31. The Hall–Kier alpha value is -1.59. The number of alkyl halides is 1. The van der Waals surface area contributed by atoms with Crippen LogP contribution in [0.2, 0.25) is 0 Å². The average Bonchev–Trinajstić information content (AvgIpc) is 2.57. The minimum absolute atomic E-state index is 0.0565. The Morgan fingerprint density at radius 1 is 1.26 bits per heavy atom. The molecule has 0 aliphatic carbocycles. The minimum Gasteiger partial charge on any atom is -0.492 e. The third-order valence-corrected chi connectivity index (χ3v) is 4.56. The van der Waals surface area contributed by atoms with Gasteiger partial charge in [-0.05, 0) is 25.0 Å². The molecule has 0 amide bonds. The first-order valence-corrected chi connectivity index (χ1v) is 7.88. The molecule has 1 aromatic rings. The smallest absolute Gasteiger partial charge is 0.325 e. The van der Waals surface area contributed by atoms with Crippen molar-refractivity contribution in [2.45, 2.75) is 31.7 Å². The van der Waals surface area contributed by atoms with Gasteiger partial charge in [-0.1, -0.05) is 32.0 Å². The van der Waals surface area contributed by atoms with Gasteiger partial charge in [-0.15, -0.1) is 11.6 Å². The van der Waals surface area contributed by atoms with Gasteiger partial charge in [0.1, 0.15) is 23.3 Å². The predicted octanol–water partition coefficient (Wildman–Crippen LogP) is 2.40. The van der Waals surface area contributed by atoms with E-state index in [4.69, 9.17) is 26.8 Å². The first-order chi connectivity index (χ1) is 10.7. The van der Waals surface area contributed by atoms with Crippen molar-refractivity contribution >= 4 is 23.4 Å². The fraction of sp³-hybridized carbons (Fsp3) is 0.529. The molecule has 1 rings (SSSR count). The quantitative estimate of drug-likeness (QED) is 0.580. The summed E-state index contributed by atoms with van der Waals surface area (Å²) in [5.74, 6) is -1.07. The van der Waals surface area contributed by atoms with Gasteiger partial charge in [0, 0.05) is 5.92 Å². The Balaban J connectivity index is 2.66. The average molecular weight is 342 g/mol. The Morgan fingerprint density at radius 3 is 2.35 bits per heavy atom. The van der Waals surface area contributed by atoms with Crippen LogP contribution in [0, 0.1) is 11.8 Å². The summed E-state index contributed by atoms with van der Waals surface area (Å²) in [4.78, 5) is 24.2. The summed E-state index contributed by atoms with van der Waals surface area (Å²) in [6.45, 7) is 5.05. The van der Waals surface area contributed by atoms with Crippen LogP contribution in [0.25, 0.3) is 0 Å². The molecule has 0 spiro atoms. The molecule has 0 radical (unpaired) electrons. The summed E-state index contributed by atoms with van der Waals surface area (Å²) >= 11 is 6.15. The van der Waals surface area contributed by atoms with Gasteiger partial charge in [-0.25, -0.2) is 0 Å². The van der Waals surface area contributed by atoms with Crippen molar-refractivity contribution in [1.82, 2.24) is 0 Å². The lowest BCUT2D eigenvalue weighted by molar-refractivity contribution is -0.149. The molecule has 1 aromatic carbocycles. The lowest BCUT2D eigenvalue weighted by Gasteiger charge is -2.33. The number of hydrogen-bond acceptors (Lipinski definition) is 5. The molecule has 128 valence electrons. The molecule has 6 heteroatoms. The molecule has 4 unspecified atom stereocenters. The van der Waals surface area contributed by atoms with E-state index in [9.17, 15) is 9.59 Å². The lowest BCUT2D eigenvalue weighted by atomic mass is 9.77. The molecule has 0 saturated heterocycles. The van der Waals surface area contributed by atoms with Crippen molar-refractivity contribution in [3.63, 3.8) is 0 Å². The van der Waals surface area contributed by atoms with E-state index in [1.165, 1.54) is 7.11 Å². The highest BCUT2D eigenvalue weighted by atomic mass is 35.5. The van der Waals surface area contributed by atoms with Crippen molar-refractivity contribution in [2.24, 2.45) is 17.6 Å². The Labute approximate surface area is 142 Å². The highest BCUT2D eigenvalue weighted by Gasteiger charge is 2.42. The zero-order valence-corrected chi connectivity index (χ0v) is 14.7. The van der Waals surface area contributed by atoms with Crippen LogP contribution in [-0.4, -0.2) is 36.4 Å². The predicted molar refractivity (Wildman–Crippen MR) is 89.5 cm³/mol. The molecule has 0 saturated carbocycles. The molecule has 0 aromatic heterocycles. The number of Topliss-reactive ketones (excluding diaryl/α,β-unsaturated/α-hetero) is 1. The lowest BCUT2D eigenvalue weighted by Crippen LogP contribution is -2.54. The molecular formula is C17H24ClNO4. The second kappa shape index (κ2) is 8.31. The summed E-state index contributed by atoms with van der Waals surface area (Å²) in [6.07, 6.45) is 0. The Bertz CT molecular complexity index is 533. The maximum atomic E-state index is 12.4. The number of hydrogen-bond donors (Lipinski definition) is 1. The van der Waals surface area contributed by atoms with E-state index in [2.05, 4.69) is 0 Å². The van der Waals surface area contributed by atoms with Crippen LogP contribution in [0.15, 0.2) is 30.3 Å². The van der Waals surface area contributed by atoms with Gasteiger partial charge in [0.2, 0.25) is 0 Å². The van der Waals surface area contributed by atoms with Gasteiger partial charge < -0.3 is 15.2 Å². The number of nitrogens with two attached hydrogens (primary N) is 1. The Morgan fingerprint density at radius 2 is 1.83 bits per heavy atom. The number of rotatable bonds is 8. The fourth-order valence-corrected chi connectivity index (χ4v) is 2.49. The van der Waals surface area contributed by atoms with Gasteiger partial charge >= 0.3 is 5.97 Å². The van der Waals surface area contributed by atoms with E-state index in [0.717, 1.165) is 0 Å². The van der Waals surface area contributed by atoms with Gasteiger partial charge in [-0.3, -0.25) is 9.59 Å². The number of benzene rings is 1. The fourth-order valence-electron chi connectivity index (χ4n) is 2.23. The molecule has 0 fully saturated rings. The van der Waals surface area contributed by atoms with E-state index in [1.807, 2.05) is 18.2 Å². The van der Waals surface area contributed by atoms with Gasteiger partial charge in [-0.2, -0.15) is 0 Å². The summed E-state index contributed by atoms with van der Waals surface area (Å²) in [5.41, 5.74) is 4.75. The number of carbonyl (C=O) groups is 2. The maximum Gasteiger partial charge on any atom is 0.325 e. The van der Waals surface area contributed by atoms with E-state index >= 15 is 0 Å². The summed E-state index contributed by atoms with van der Waals surface area (Å²) in [6, 6.07) is 9.11. The van der Waals surface area contributed by atoms with E-state index in [1.54, 1.807) is 32.9 Å². The van der Waals surface area contributed by atoms with Crippen LogP contribution in [0.5, 0.6) is 5.75 Å². The largest absolute Gasteiger partial charge is 0.492 e. The van der Waals surface area contributed by atoms with Crippen LogP contribution in [0.3, 0.4) is 0 Å². The molecular weight excluding hydrogens is 318 g/mol. The number of esters is 1. The molecule has 0 bridgehead atoms. The summed E-state index contributed by atoms with van der Waals surface area (Å²) in [7, 11) is 1.27. The molecule has 0 aliphatic heterocycles. The first-order valence-electron chi connectivity index (χ1n) is 7.44. The number of methoxy groups -OCH3 is 1. The zero-order valence-electron chi connectivity index (χ0n) is 13.9. The van der Waals surface area contributed by atoms with Crippen molar-refractivity contribution in [3.05, 3.63) is 30.3 Å². The zero-order chi connectivity index (χ0) is 17.6. The number of carbonyl (C=O) groups excluding carboxylic acids is 2. The normalized spacial score (nSPS) is 17.5. The van der Waals surface area contributed by atoms with Crippen molar-refractivity contribution < 1.29 is 19.1 Å². The van der Waals surface area contributed by atoms with E-state index in [-0.39, 0.29) is 12.4 Å². The van der Waals surface area contributed by atoms with Crippen LogP contribution >= 0.6 is 11.6 Å².